The molecule has 1 unspecified atom stereocenters. The third kappa shape index (κ3) is 5.67. The zero-order valence-corrected chi connectivity index (χ0v) is 15.2. The Morgan fingerprint density at radius 1 is 1.00 bits per heavy atom. The summed E-state index contributed by atoms with van der Waals surface area (Å²) in [6.07, 6.45) is 2.09. The molecular formula is C22H30N2O. The van der Waals surface area contributed by atoms with E-state index in [2.05, 4.69) is 71.4 Å². The molecule has 2 aromatic rings. The van der Waals surface area contributed by atoms with Gasteiger partial charge >= 0.3 is 0 Å². The second-order valence-electron chi connectivity index (χ2n) is 7.32. The molecule has 1 aliphatic rings. The Morgan fingerprint density at radius 3 is 2.24 bits per heavy atom. The average molecular weight is 338 g/mol. The van der Waals surface area contributed by atoms with Crippen LogP contribution in [0.1, 0.15) is 29.9 Å². The maximum atomic E-state index is 10.4. The molecule has 1 N–H and O–H groups in total. The fourth-order valence-corrected chi connectivity index (χ4v) is 3.85. The predicted octanol–water partition coefficient (Wildman–Crippen LogP) is 3.36. The fraction of sp³-hybridized carbons (Fsp3) is 0.455. The molecule has 2 aromatic carbocycles. The van der Waals surface area contributed by atoms with E-state index in [9.17, 15) is 5.11 Å². The number of aliphatic hydroxyl groups is 1. The van der Waals surface area contributed by atoms with Crippen molar-refractivity contribution in [2.75, 3.05) is 33.2 Å². The van der Waals surface area contributed by atoms with Crippen molar-refractivity contribution in [1.82, 2.24) is 9.80 Å². The highest BCUT2D eigenvalue weighted by Crippen LogP contribution is 2.27. The van der Waals surface area contributed by atoms with Gasteiger partial charge in [0.05, 0.1) is 6.10 Å². The van der Waals surface area contributed by atoms with E-state index in [1.165, 1.54) is 24.0 Å². The summed E-state index contributed by atoms with van der Waals surface area (Å²) < 4.78 is 0. The Morgan fingerprint density at radius 2 is 1.60 bits per heavy atom. The van der Waals surface area contributed by atoms with Gasteiger partial charge in [-0.2, -0.15) is 0 Å². The largest absolute Gasteiger partial charge is 0.390 e. The SMILES string of the molecule is CN(Cc1ccccc1)CC(O)CN1CCC(c2ccccc2)CC1. The van der Waals surface area contributed by atoms with Gasteiger partial charge in [-0.25, -0.2) is 0 Å². The van der Waals surface area contributed by atoms with Gasteiger partial charge in [-0.1, -0.05) is 60.7 Å². The Bertz CT molecular complexity index is 608. The van der Waals surface area contributed by atoms with E-state index in [4.69, 9.17) is 0 Å². The molecule has 1 heterocycles. The molecule has 1 atom stereocenters. The zero-order chi connectivity index (χ0) is 17.5. The molecule has 0 spiro atoms. The van der Waals surface area contributed by atoms with E-state index in [0.717, 1.165) is 26.2 Å². The highest BCUT2D eigenvalue weighted by molar-refractivity contribution is 5.20. The molecule has 3 nitrogen and oxygen atoms in total. The minimum atomic E-state index is -0.290. The predicted molar refractivity (Wildman–Crippen MR) is 104 cm³/mol. The van der Waals surface area contributed by atoms with Crippen molar-refractivity contribution in [1.29, 1.82) is 0 Å². The summed E-state index contributed by atoms with van der Waals surface area (Å²) in [5.41, 5.74) is 2.76. The minimum absolute atomic E-state index is 0.290. The van der Waals surface area contributed by atoms with Crippen LogP contribution in [0.4, 0.5) is 0 Å². The van der Waals surface area contributed by atoms with E-state index in [1.807, 2.05) is 6.07 Å². The molecule has 0 amide bonds. The lowest BCUT2D eigenvalue weighted by molar-refractivity contribution is 0.0698. The average Bonchev–Trinajstić information content (AvgIpc) is 2.63. The fourth-order valence-electron chi connectivity index (χ4n) is 3.85. The summed E-state index contributed by atoms with van der Waals surface area (Å²) in [4.78, 5) is 4.62. The molecule has 3 rings (SSSR count). The van der Waals surface area contributed by atoms with Crippen LogP contribution in [0.15, 0.2) is 60.7 Å². The lowest BCUT2D eigenvalue weighted by atomic mass is 9.89. The summed E-state index contributed by atoms with van der Waals surface area (Å²) >= 11 is 0. The molecular weight excluding hydrogens is 308 g/mol. The van der Waals surface area contributed by atoms with Crippen LogP contribution >= 0.6 is 0 Å². The smallest absolute Gasteiger partial charge is 0.0793 e. The normalized spacial score (nSPS) is 17.7. The number of benzene rings is 2. The molecule has 1 saturated heterocycles. The minimum Gasteiger partial charge on any atom is -0.390 e. The summed E-state index contributed by atoms with van der Waals surface area (Å²) in [6, 6.07) is 21.3. The zero-order valence-electron chi connectivity index (χ0n) is 15.2. The topological polar surface area (TPSA) is 26.7 Å². The quantitative estimate of drug-likeness (QED) is 0.839. The van der Waals surface area contributed by atoms with Crippen molar-refractivity contribution in [2.24, 2.45) is 0 Å². The molecule has 3 heteroatoms. The van der Waals surface area contributed by atoms with Crippen molar-refractivity contribution in [3.8, 4) is 0 Å². The summed E-state index contributed by atoms with van der Waals surface area (Å²) in [5.74, 6) is 0.676. The highest BCUT2D eigenvalue weighted by atomic mass is 16.3. The summed E-state index contributed by atoms with van der Waals surface area (Å²) in [6.45, 7) is 4.54. The first kappa shape index (κ1) is 18.1. The van der Waals surface area contributed by atoms with Gasteiger partial charge in [0.25, 0.3) is 0 Å². The van der Waals surface area contributed by atoms with Crippen LogP contribution in [0.5, 0.6) is 0 Å². The van der Waals surface area contributed by atoms with E-state index < -0.39 is 0 Å². The van der Waals surface area contributed by atoms with Crippen LogP contribution in [0.3, 0.4) is 0 Å². The molecule has 0 aliphatic carbocycles. The number of likely N-dealkylation sites (N-methyl/N-ethyl adjacent to an activating group) is 1. The molecule has 0 saturated carbocycles. The molecule has 0 aromatic heterocycles. The van der Waals surface area contributed by atoms with Crippen LogP contribution in [-0.2, 0) is 6.54 Å². The van der Waals surface area contributed by atoms with E-state index in [-0.39, 0.29) is 6.10 Å². The van der Waals surface area contributed by atoms with Gasteiger partial charge in [-0.05, 0) is 50.0 Å². The number of rotatable bonds is 7. The number of nitrogens with zero attached hydrogens (tertiary/aromatic N) is 2. The highest BCUT2D eigenvalue weighted by Gasteiger charge is 2.22. The van der Waals surface area contributed by atoms with Gasteiger partial charge < -0.3 is 10.0 Å². The van der Waals surface area contributed by atoms with Crippen LogP contribution in [0.25, 0.3) is 0 Å². The Balaban J connectivity index is 1.39. The van der Waals surface area contributed by atoms with Gasteiger partial charge in [0.2, 0.25) is 0 Å². The van der Waals surface area contributed by atoms with Gasteiger partial charge in [0.1, 0.15) is 0 Å². The molecule has 25 heavy (non-hydrogen) atoms. The first-order valence-corrected chi connectivity index (χ1v) is 9.38. The number of hydrogen-bond donors (Lipinski definition) is 1. The number of β-amino-alcohol motifs (C(OH)–C–C–N with tert-alkyl or cyclic N) is 1. The Hall–Kier alpha value is -1.68. The summed E-state index contributed by atoms with van der Waals surface area (Å²) in [7, 11) is 2.08. The second-order valence-corrected chi connectivity index (χ2v) is 7.32. The molecule has 134 valence electrons. The molecule has 1 fully saturated rings. The number of hydrogen-bond acceptors (Lipinski definition) is 3. The molecule has 1 aliphatic heterocycles. The maximum Gasteiger partial charge on any atom is 0.0793 e. The van der Waals surface area contributed by atoms with Gasteiger partial charge in [-0.15, -0.1) is 0 Å². The Labute approximate surface area is 151 Å². The van der Waals surface area contributed by atoms with E-state index >= 15 is 0 Å². The van der Waals surface area contributed by atoms with Gasteiger partial charge in [-0.3, -0.25) is 4.90 Å². The number of piperidine rings is 1. The van der Waals surface area contributed by atoms with Crippen LogP contribution in [0.2, 0.25) is 0 Å². The monoisotopic (exact) mass is 338 g/mol. The maximum absolute atomic E-state index is 10.4. The second kappa shape index (κ2) is 9.14. The molecule has 0 radical (unpaired) electrons. The first-order valence-electron chi connectivity index (χ1n) is 9.38. The van der Waals surface area contributed by atoms with E-state index in [1.54, 1.807) is 0 Å². The third-order valence-electron chi connectivity index (χ3n) is 5.15. The molecule has 0 bridgehead atoms. The van der Waals surface area contributed by atoms with Crippen LogP contribution in [-0.4, -0.2) is 54.2 Å². The Kier molecular flexibility index (Phi) is 6.62. The standard InChI is InChI=1S/C22H30N2O/c1-23(16-19-8-4-2-5-9-19)17-22(25)18-24-14-12-21(13-15-24)20-10-6-3-7-11-20/h2-11,21-22,25H,12-18H2,1H3. The van der Waals surface area contributed by atoms with Crippen molar-refractivity contribution >= 4 is 0 Å². The number of likely N-dealkylation sites (tertiary alicyclic amines) is 1. The van der Waals surface area contributed by atoms with Crippen molar-refractivity contribution < 1.29 is 5.11 Å². The lowest BCUT2D eigenvalue weighted by Gasteiger charge is -2.34. The summed E-state index contributed by atoms with van der Waals surface area (Å²) in [5, 5.41) is 10.4. The first-order chi connectivity index (χ1) is 12.2. The van der Waals surface area contributed by atoms with Crippen LogP contribution in [0, 0.1) is 0 Å². The van der Waals surface area contributed by atoms with Crippen molar-refractivity contribution in [2.45, 2.75) is 31.4 Å². The lowest BCUT2D eigenvalue weighted by Crippen LogP contribution is -2.42. The van der Waals surface area contributed by atoms with Crippen LogP contribution < -0.4 is 0 Å². The van der Waals surface area contributed by atoms with E-state index in [0.29, 0.717) is 12.5 Å². The van der Waals surface area contributed by atoms with Crippen molar-refractivity contribution in [3.63, 3.8) is 0 Å². The number of aliphatic hydroxyl groups excluding tert-OH is 1. The van der Waals surface area contributed by atoms with Crippen molar-refractivity contribution in [3.05, 3.63) is 71.8 Å². The van der Waals surface area contributed by atoms with Gasteiger partial charge in [0, 0.05) is 19.6 Å². The third-order valence-corrected chi connectivity index (χ3v) is 5.15. The van der Waals surface area contributed by atoms with Gasteiger partial charge in [0.15, 0.2) is 0 Å².